The fraction of sp³-hybridized carbons (Fsp3) is 0.562. The molecule has 1 aliphatic heterocycles. The molecule has 3 N–H and O–H groups in total. The molecule has 1 aromatic rings. The third-order valence-electron chi connectivity index (χ3n) is 4.01. The molecular weight excluding hydrogens is 264 g/mol. The van der Waals surface area contributed by atoms with Gasteiger partial charge in [-0.05, 0) is 30.5 Å². The van der Waals surface area contributed by atoms with Gasteiger partial charge in [0.05, 0.1) is 6.54 Å². The van der Waals surface area contributed by atoms with Crippen LogP contribution >= 0.6 is 0 Å². The maximum atomic E-state index is 10.9. The van der Waals surface area contributed by atoms with E-state index in [4.69, 9.17) is 5.73 Å². The molecule has 5 heteroatoms. The highest BCUT2D eigenvalue weighted by Gasteiger charge is 2.19. The van der Waals surface area contributed by atoms with Gasteiger partial charge in [0.2, 0.25) is 5.91 Å². The van der Waals surface area contributed by atoms with Crippen molar-refractivity contribution in [1.29, 1.82) is 0 Å². The zero-order valence-electron chi connectivity index (χ0n) is 13.0. The minimum Gasteiger partial charge on any atom is -0.378 e. The van der Waals surface area contributed by atoms with Gasteiger partial charge in [-0.15, -0.1) is 0 Å². The molecule has 5 nitrogen and oxygen atoms in total. The smallest absolute Gasteiger partial charge is 0.231 e. The molecule has 21 heavy (non-hydrogen) atoms. The molecule has 1 fully saturated rings. The molecule has 0 aliphatic carbocycles. The number of benzene rings is 1. The van der Waals surface area contributed by atoms with Crippen LogP contribution in [0.5, 0.6) is 0 Å². The minimum atomic E-state index is -0.234. The SMILES string of the molecule is CN(C)c1ccc(CNC2CCN(CC(N)=O)CC2)cc1. The molecule has 1 aromatic carbocycles. The van der Waals surface area contributed by atoms with E-state index < -0.39 is 0 Å². The highest BCUT2D eigenvalue weighted by atomic mass is 16.1. The first-order chi connectivity index (χ1) is 10.0. The Kier molecular flexibility index (Phi) is 5.59. The molecule has 0 bridgehead atoms. The number of amides is 1. The lowest BCUT2D eigenvalue weighted by Crippen LogP contribution is -2.45. The zero-order valence-corrected chi connectivity index (χ0v) is 13.0. The van der Waals surface area contributed by atoms with Crippen LogP contribution in [0.1, 0.15) is 18.4 Å². The quantitative estimate of drug-likeness (QED) is 0.813. The molecule has 0 radical (unpaired) electrons. The van der Waals surface area contributed by atoms with Crippen molar-refractivity contribution >= 4 is 11.6 Å². The number of anilines is 1. The van der Waals surface area contributed by atoms with Gasteiger partial charge in [-0.1, -0.05) is 12.1 Å². The first-order valence-corrected chi connectivity index (χ1v) is 7.55. The molecule has 2 rings (SSSR count). The second-order valence-electron chi connectivity index (χ2n) is 5.96. The highest BCUT2D eigenvalue weighted by molar-refractivity contribution is 5.75. The monoisotopic (exact) mass is 290 g/mol. The largest absolute Gasteiger partial charge is 0.378 e. The van der Waals surface area contributed by atoms with E-state index in [9.17, 15) is 4.79 Å². The maximum Gasteiger partial charge on any atom is 0.231 e. The summed E-state index contributed by atoms with van der Waals surface area (Å²) in [6, 6.07) is 9.16. The van der Waals surface area contributed by atoms with E-state index in [1.165, 1.54) is 11.3 Å². The first-order valence-electron chi connectivity index (χ1n) is 7.55. The molecule has 1 saturated heterocycles. The van der Waals surface area contributed by atoms with Gasteiger partial charge < -0.3 is 16.0 Å². The summed E-state index contributed by atoms with van der Waals surface area (Å²) >= 11 is 0. The van der Waals surface area contributed by atoms with Gasteiger partial charge in [-0.2, -0.15) is 0 Å². The molecule has 0 unspecified atom stereocenters. The third-order valence-corrected chi connectivity index (χ3v) is 4.01. The fourth-order valence-corrected chi connectivity index (χ4v) is 2.69. The number of nitrogens with zero attached hydrogens (tertiary/aromatic N) is 2. The van der Waals surface area contributed by atoms with Crippen LogP contribution in [0.25, 0.3) is 0 Å². The van der Waals surface area contributed by atoms with E-state index in [0.29, 0.717) is 12.6 Å². The molecule has 1 amide bonds. The van der Waals surface area contributed by atoms with Crippen LogP contribution in [0.3, 0.4) is 0 Å². The summed E-state index contributed by atoms with van der Waals surface area (Å²) in [5.74, 6) is -0.234. The number of nitrogens with two attached hydrogens (primary N) is 1. The number of rotatable bonds is 6. The molecular formula is C16H26N4O. The van der Waals surface area contributed by atoms with Crippen LogP contribution in [-0.4, -0.2) is 50.6 Å². The highest BCUT2D eigenvalue weighted by Crippen LogP contribution is 2.14. The van der Waals surface area contributed by atoms with Crippen molar-refractivity contribution in [2.75, 3.05) is 38.6 Å². The average molecular weight is 290 g/mol. The Labute approximate surface area is 127 Å². The molecule has 0 atom stereocenters. The number of carbonyl (C=O) groups is 1. The topological polar surface area (TPSA) is 61.6 Å². The predicted molar refractivity (Wildman–Crippen MR) is 86.3 cm³/mol. The third kappa shape index (κ3) is 5.02. The second kappa shape index (κ2) is 7.43. The summed E-state index contributed by atoms with van der Waals surface area (Å²) in [6.07, 6.45) is 2.14. The number of carbonyl (C=O) groups excluding carboxylic acids is 1. The van der Waals surface area contributed by atoms with Crippen molar-refractivity contribution in [3.63, 3.8) is 0 Å². The molecule has 0 spiro atoms. The zero-order chi connectivity index (χ0) is 15.2. The first kappa shape index (κ1) is 15.8. The van der Waals surface area contributed by atoms with Crippen molar-refractivity contribution in [1.82, 2.24) is 10.2 Å². The van der Waals surface area contributed by atoms with E-state index >= 15 is 0 Å². The lowest BCUT2D eigenvalue weighted by Gasteiger charge is -2.31. The van der Waals surface area contributed by atoms with E-state index in [1.54, 1.807) is 0 Å². The van der Waals surface area contributed by atoms with Crippen molar-refractivity contribution < 1.29 is 4.79 Å². The summed E-state index contributed by atoms with van der Waals surface area (Å²) < 4.78 is 0. The van der Waals surface area contributed by atoms with Crippen molar-refractivity contribution in [3.8, 4) is 0 Å². The summed E-state index contributed by atoms with van der Waals surface area (Å²) in [4.78, 5) is 15.1. The van der Waals surface area contributed by atoms with E-state index in [1.807, 2.05) is 14.1 Å². The average Bonchev–Trinajstić information content (AvgIpc) is 2.46. The van der Waals surface area contributed by atoms with Crippen LogP contribution < -0.4 is 16.0 Å². The Balaban J connectivity index is 1.73. The number of hydrogen-bond donors (Lipinski definition) is 2. The van der Waals surface area contributed by atoms with Gasteiger partial charge in [-0.3, -0.25) is 9.69 Å². The second-order valence-corrected chi connectivity index (χ2v) is 5.96. The number of hydrogen-bond acceptors (Lipinski definition) is 4. The van der Waals surface area contributed by atoms with Gasteiger partial charge >= 0.3 is 0 Å². The molecule has 1 aliphatic rings. The van der Waals surface area contributed by atoms with Crippen molar-refractivity contribution in [2.24, 2.45) is 5.73 Å². The van der Waals surface area contributed by atoms with Gasteiger partial charge in [0, 0.05) is 45.5 Å². The summed E-state index contributed by atoms with van der Waals surface area (Å²) in [5.41, 5.74) is 7.75. The van der Waals surface area contributed by atoms with E-state index in [2.05, 4.69) is 39.4 Å². The maximum absolute atomic E-state index is 10.9. The fourth-order valence-electron chi connectivity index (χ4n) is 2.69. The van der Waals surface area contributed by atoms with Crippen LogP contribution in [0.15, 0.2) is 24.3 Å². The lowest BCUT2D eigenvalue weighted by molar-refractivity contribution is -0.119. The van der Waals surface area contributed by atoms with Gasteiger partial charge in [-0.25, -0.2) is 0 Å². The number of nitrogens with one attached hydrogen (secondary N) is 1. The van der Waals surface area contributed by atoms with Crippen molar-refractivity contribution in [3.05, 3.63) is 29.8 Å². The Hall–Kier alpha value is -1.59. The Morgan fingerprint density at radius 1 is 1.29 bits per heavy atom. The van der Waals surface area contributed by atoms with E-state index in [-0.39, 0.29) is 5.91 Å². The predicted octanol–water partition coefficient (Wildman–Crippen LogP) is 0.792. The lowest BCUT2D eigenvalue weighted by atomic mass is 10.0. The molecule has 116 valence electrons. The van der Waals surface area contributed by atoms with E-state index in [0.717, 1.165) is 32.5 Å². The Bertz CT molecular complexity index is 450. The van der Waals surface area contributed by atoms with Crippen LogP contribution in [0, 0.1) is 0 Å². The summed E-state index contributed by atoms with van der Waals surface area (Å²) in [5, 5.41) is 3.60. The Morgan fingerprint density at radius 2 is 1.90 bits per heavy atom. The van der Waals surface area contributed by atoms with Gasteiger partial charge in [0.15, 0.2) is 0 Å². The number of primary amides is 1. The van der Waals surface area contributed by atoms with Crippen LogP contribution in [0.2, 0.25) is 0 Å². The molecule has 1 heterocycles. The van der Waals surface area contributed by atoms with Gasteiger partial charge in [0.25, 0.3) is 0 Å². The van der Waals surface area contributed by atoms with Gasteiger partial charge in [0.1, 0.15) is 0 Å². The standard InChI is InChI=1S/C16H26N4O/c1-19(2)15-5-3-13(4-6-15)11-18-14-7-9-20(10-8-14)12-16(17)21/h3-6,14,18H,7-12H2,1-2H3,(H2,17,21). The van der Waals surface area contributed by atoms with Crippen LogP contribution in [-0.2, 0) is 11.3 Å². The summed E-state index contributed by atoms with van der Waals surface area (Å²) in [6.45, 7) is 3.17. The van der Waals surface area contributed by atoms with Crippen LogP contribution in [0.4, 0.5) is 5.69 Å². The normalized spacial score (nSPS) is 16.9. The molecule has 0 saturated carbocycles. The minimum absolute atomic E-state index is 0.234. The summed E-state index contributed by atoms with van der Waals surface area (Å²) in [7, 11) is 4.10. The number of likely N-dealkylation sites (tertiary alicyclic amines) is 1. The Morgan fingerprint density at radius 3 is 2.43 bits per heavy atom. The van der Waals surface area contributed by atoms with Crippen molar-refractivity contribution in [2.45, 2.75) is 25.4 Å². The number of piperidine rings is 1. The molecule has 0 aromatic heterocycles.